The summed E-state index contributed by atoms with van der Waals surface area (Å²) in [6.45, 7) is 1.99. The maximum Gasteiger partial charge on any atom is 0.254 e. The second-order valence-electron chi connectivity index (χ2n) is 4.12. The first-order valence-electron chi connectivity index (χ1n) is 5.13. The molecule has 2 heterocycles. The van der Waals surface area contributed by atoms with Crippen LogP contribution in [0, 0.1) is 0 Å². The highest BCUT2D eigenvalue weighted by molar-refractivity contribution is 5.93. The van der Waals surface area contributed by atoms with E-state index in [2.05, 4.69) is 22.4 Å². The molecule has 0 aliphatic carbocycles. The number of nitrogens with zero attached hydrogens (tertiary/aromatic N) is 3. The minimum absolute atomic E-state index is 0.0246. The lowest BCUT2D eigenvalue weighted by atomic mass is 10.2. The van der Waals surface area contributed by atoms with Gasteiger partial charge in [-0.05, 0) is 20.0 Å². The fourth-order valence-electron chi connectivity index (χ4n) is 1.86. The van der Waals surface area contributed by atoms with Crippen LogP contribution in [0.4, 0.5) is 0 Å². The first-order valence-corrected chi connectivity index (χ1v) is 5.13. The molecule has 1 saturated heterocycles. The SMILES string of the molecule is CN1CCC(NC(=O)c2cnn(C)c2)C1. The lowest BCUT2D eigenvalue weighted by Crippen LogP contribution is -2.36. The van der Waals surface area contributed by atoms with Gasteiger partial charge in [0.1, 0.15) is 0 Å². The van der Waals surface area contributed by atoms with E-state index in [1.165, 1.54) is 0 Å². The van der Waals surface area contributed by atoms with Crippen molar-refractivity contribution in [3.05, 3.63) is 18.0 Å². The number of hydrogen-bond acceptors (Lipinski definition) is 3. The lowest BCUT2D eigenvalue weighted by molar-refractivity contribution is 0.0938. The average Bonchev–Trinajstić information content (AvgIpc) is 2.75. The van der Waals surface area contributed by atoms with E-state index in [1.54, 1.807) is 24.1 Å². The second kappa shape index (κ2) is 4.02. The summed E-state index contributed by atoms with van der Waals surface area (Å²) in [5.41, 5.74) is 0.632. The fraction of sp³-hybridized carbons (Fsp3) is 0.600. The van der Waals surface area contributed by atoms with Crippen LogP contribution >= 0.6 is 0 Å². The van der Waals surface area contributed by atoms with Gasteiger partial charge >= 0.3 is 0 Å². The van der Waals surface area contributed by atoms with E-state index in [-0.39, 0.29) is 11.9 Å². The van der Waals surface area contributed by atoms with Crippen LogP contribution in [-0.2, 0) is 7.05 Å². The number of rotatable bonds is 2. The third kappa shape index (κ3) is 2.36. The van der Waals surface area contributed by atoms with Gasteiger partial charge in [-0.1, -0.05) is 0 Å². The number of amides is 1. The van der Waals surface area contributed by atoms with Crippen molar-refractivity contribution in [3.63, 3.8) is 0 Å². The number of hydrogen-bond donors (Lipinski definition) is 1. The van der Waals surface area contributed by atoms with E-state index in [1.807, 2.05) is 0 Å². The van der Waals surface area contributed by atoms with Gasteiger partial charge in [0, 0.05) is 25.8 Å². The van der Waals surface area contributed by atoms with Crippen LogP contribution in [0.1, 0.15) is 16.8 Å². The molecular weight excluding hydrogens is 192 g/mol. The topological polar surface area (TPSA) is 50.2 Å². The monoisotopic (exact) mass is 208 g/mol. The summed E-state index contributed by atoms with van der Waals surface area (Å²) in [7, 11) is 3.87. The second-order valence-corrected chi connectivity index (χ2v) is 4.12. The third-order valence-electron chi connectivity index (χ3n) is 2.69. The van der Waals surface area contributed by atoms with Crippen LogP contribution in [0.15, 0.2) is 12.4 Å². The molecule has 0 aromatic carbocycles. The van der Waals surface area contributed by atoms with Crippen molar-refractivity contribution in [2.24, 2.45) is 7.05 Å². The molecule has 1 unspecified atom stereocenters. The number of aryl methyl sites for hydroxylation is 1. The molecule has 0 radical (unpaired) electrons. The van der Waals surface area contributed by atoms with E-state index in [0.29, 0.717) is 5.56 Å². The molecular formula is C10H16N4O. The van der Waals surface area contributed by atoms with Crippen molar-refractivity contribution < 1.29 is 4.79 Å². The quantitative estimate of drug-likeness (QED) is 0.735. The minimum Gasteiger partial charge on any atom is -0.348 e. The number of aromatic nitrogens is 2. The molecule has 5 nitrogen and oxygen atoms in total. The van der Waals surface area contributed by atoms with E-state index >= 15 is 0 Å². The molecule has 15 heavy (non-hydrogen) atoms. The van der Waals surface area contributed by atoms with Gasteiger partial charge in [0.15, 0.2) is 0 Å². The van der Waals surface area contributed by atoms with Crippen molar-refractivity contribution >= 4 is 5.91 Å². The maximum atomic E-state index is 11.7. The molecule has 0 saturated carbocycles. The van der Waals surface area contributed by atoms with Crippen LogP contribution in [-0.4, -0.2) is 46.8 Å². The van der Waals surface area contributed by atoms with Crippen LogP contribution in [0.3, 0.4) is 0 Å². The van der Waals surface area contributed by atoms with E-state index in [9.17, 15) is 4.79 Å². The predicted molar refractivity (Wildman–Crippen MR) is 56.6 cm³/mol. The summed E-state index contributed by atoms with van der Waals surface area (Å²) in [5, 5.41) is 6.98. The Labute approximate surface area is 89.1 Å². The molecule has 2 rings (SSSR count). The van der Waals surface area contributed by atoms with E-state index < -0.39 is 0 Å². The Bertz CT molecular complexity index is 360. The zero-order valence-corrected chi connectivity index (χ0v) is 9.10. The zero-order valence-electron chi connectivity index (χ0n) is 9.10. The Kier molecular flexibility index (Phi) is 2.73. The number of nitrogens with one attached hydrogen (secondary N) is 1. The molecule has 82 valence electrons. The third-order valence-corrected chi connectivity index (χ3v) is 2.69. The summed E-state index contributed by atoms with van der Waals surface area (Å²) in [5.74, 6) is -0.0246. The Balaban J connectivity index is 1.92. The van der Waals surface area contributed by atoms with Gasteiger partial charge in [0.2, 0.25) is 0 Å². The molecule has 1 aliphatic rings. The normalized spacial score (nSPS) is 21.9. The van der Waals surface area contributed by atoms with Crippen molar-refractivity contribution in [1.29, 1.82) is 0 Å². The van der Waals surface area contributed by atoms with Gasteiger partial charge in [-0.3, -0.25) is 9.48 Å². The highest BCUT2D eigenvalue weighted by Crippen LogP contribution is 2.07. The van der Waals surface area contributed by atoms with Crippen LogP contribution < -0.4 is 5.32 Å². The number of likely N-dealkylation sites (tertiary alicyclic amines) is 1. The molecule has 1 N–H and O–H groups in total. The first kappa shape index (κ1) is 10.2. The van der Waals surface area contributed by atoms with E-state index in [0.717, 1.165) is 19.5 Å². The molecule has 1 aliphatic heterocycles. The molecule has 0 spiro atoms. The summed E-state index contributed by atoms with van der Waals surface area (Å²) in [6, 6.07) is 0.280. The van der Waals surface area contributed by atoms with Crippen molar-refractivity contribution in [1.82, 2.24) is 20.0 Å². The van der Waals surface area contributed by atoms with Gasteiger partial charge in [0.05, 0.1) is 11.8 Å². The average molecular weight is 208 g/mol. The Morgan fingerprint density at radius 1 is 1.60 bits per heavy atom. The summed E-state index contributed by atoms with van der Waals surface area (Å²) in [4.78, 5) is 14.0. The predicted octanol–water partition coefficient (Wildman–Crippen LogP) is -0.146. The number of likely N-dealkylation sites (N-methyl/N-ethyl adjacent to an activating group) is 1. The Hall–Kier alpha value is -1.36. The highest BCUT2D eigenvalue weighted by Gasteiger charge is 2.21. The lowest BCUT2D eigenvalue weighted by Gasteiger charge is -2.11. The van der Waals surface area contributed by atoms with E-state index in [4.69, 9.17) is 0 Å². The summed E-state index contributed by atoms with van der Waals surface area (Å²) in [6.07, 6.45) is 4.35. The smallest absolute Gasteiger partial charge is 0.254 e. The van der Waals surface area contributed by atoms with Crippen LogP contribution in [0.25, 0.3) is 0 Å². The zero-order chi connectivity index (χ0) is 10.8. The molecule has 1 amide bonds. The van der Waals surface area contributed by atoms with Crippen LogP contribution in [0.5, 0.6) is 0 Å². The van der Waals surface area contributed by atoms with Crippen molar-refractivity contribution in [2.75, 3.05) is 20.1 Å². The molecule has 1 aromatic heterocycles. The molecule has 0 bridgehead atoms. The molecule has 1 aromatic rings. The fourth-order valence-corrected chi connectivity index (χ4v) is 1.86. The number of carbonyl (C=O) groups is 1. The summed E-state index contributed by atoms with van der Waals surface area (Å²) < 4.78 is 1.63. The van der Waals surface area contributed by atoms with Gasteiger partial charge < -0.3 is 10.2 Å². The minimum atomic E-state index is -0.0246. The van der Waals surface area contributed by atoms with Crippen molar-refractivity contribution in [3.8, 4) is 0 Å². The van der Waals surface area contributed by atoms with Gasteiger partial charge in [-0.25, -0.2) is 0 Å². The Morgan fingerprint density at radius 2 is 2.40 bits per heavy atom. The van der Waals surface area contributed by atoms with Crippen molar-refractivity contribution in [2.45, 2.75) is 12.5 Å². The number of carbonyl (C=O) groups excluding carboxylic acids is 1. The maximum absolute atomic E-state index is 11.7. The highest BCUT2D eigenvalue weighted by atomic mass is 16.1. The molecule has 5 heteroatoms. The first-order chi connectivity index (χ1) is 7.15. The summed E-state index contributed by atoms with van der Waals surface area (Å²) >= 11 is 0. The van der Waals surface area contributed by atoms with Crippen LogP contribution in [0.2, 0.25) is 0 Å². The standard InChI is InChI=1S/C10H16N4O/c1-13-4-3-9(7-13)12-10(15)8-5-11-14(2)6-8/h5-6,9H,3-4,7H2,1-2H3,(H,12,15). The van der Waals surface area contributed by atoms with Gasteiger partial charge in [0.25, 0.3) is 5.91 Å². The van der Waals surface area contributed by atoms with Gasteiger partial charge in [-0.2, -0.15) is 5.10 Å². The largest absolute Gasteiger partial charge is 0.348 e. The van der Waals surface area contributed by atoms with Gasteiger partial charge in [-0.15, -0.1) is 0 Å². The molecule has 1 atom stereocenters. The molecule has 1 fully saturated rings. The Morgan fingerprint density at radius 3 is 2.93 bits per heavy atom.